The molecule has 8 heteroatoms. The van der Waals surface area contributed by atoms with Crippen LogP contribution in [0.2, 0.25) is 4.34 Å². The van der Waals surface area contributed by atoms with Gasteiger partial charge in [-0.2, -0.15) is 0 Å². The molecule has 2 aromatic heterocycles. The van der Waals surface area contributed by atoms with Crippen molar-refractivity contribution in [3.05, 3.63) is 51.4 Å². The van der Waals surface area contributed by atoms with Crippen molar-refractivity contribution in [3.8, 4) is 11.4 Å². The maximum atomic E-state index is 12.2. The zero-order valence-corrected chi connectivity index (χ0v) is 18.1. The van der Waals surface area contributed by atoms with Crippen LogP contribution in [-0.4, -0.2) is 26.5 Å². The number of amides is 1. The summed E-state index contributed by atoms with van der Waals surface area (Å²) in [7, 11) is 0. The van der Waals surface area contributed by atoms with E-state index in [0.29, 0.717) is 14.9 Å². The monoisotopic (exact) mass is 442 g/mol. The van der Waals surface area contributed by atoms with Crippen molar-refractivity contribution in [2.24, 2.45) is 0 Å². The molecule has 30 heavy (non-hydrogen) atoms. The standard InChI is InChI=1S/C22H23ClN4O2S/c23-19-12-11-18(30-19)17(28)10-13-21(29)24-16-8-6-15(7-9-16)22-26-25-20-5-3-1-2-4-14-27(20)22/h6-9,11-12H,1-5,10,13-14H2,(H,24,29). The number of aromatic nitrogens is 3. The summed E-state index contributed by atoms with van der Waals surface area (Å²) in [6, 6.07) is 11.0. The fourth-order valence-corrected chi connectivity index (χ4v) is 4.63. The summed E-state index contributed by atoms with van der Waals surface area (Å²) in [5.41, 5.74) is 1.68. The number of thiophene rings is 1. The van der Waals surface area contributed by atoms with Crippen LogP contribution in [-0.2, 0) is 17.8 Å². The zero-order valence-electron chi connectivity index (χ0n) is 16.6. The molecule has 1 aromatic carbocycles. The lowest BCUT2D eigenvalue weighted by Crippen LogP contribution is -2.13. The molecule has 0 aliphatic carbocycles. The molecule has 1 aliphatic rings. The molecule has 0 saturated carbocycles. The number of hydrogen-bond acceptors (Lipinski definition) is 5. The maximum absolute atomic E-state index is 12.2. The molecule has 0 saturated heterocycles. The normalized spacial score (nSPS) is 13.9. The highest BCUT2D eigenvalue weighted by Crippen LogP contribution is 2.25. The van der Waals surface area contributed by atoms with Crippen molar-refractivity contribution >= 4 is 40.3 Å². The van der Waals surface area contributed by atoms with Gasteiger partial charge in [0.1, 0.15) is 5.82 Å². The second-order valence-corrected chi connectivity index (χ2v) is 9.12. The summed E-state index contributed by atoms with van der Waals surface area (Å²) in [4.78, 5) is 24.9. The van der Waals surface area contributed by atoms with E-state index in [4.69, 9.17) is 11.6 Å². The Labute approximate surface area is 184 Å². The molecule has 0 spiro atoms. The predicted octanol–water partition coefficient (Wildman–Crippen LogP) is 5.38. The molecule has 0 radical (unpaired) electrons. The van der Waals surface area contributed by atoms with Gasteiger partial charge in [-0.15, -0.1) is 21.5 Å². The Bertz CT molecular complexity index is 1040. The average Bonchev–Trinajstić information content (AvgIpc) is 3.32. The minimum atomic E-state index is -0.189. The molecule has 3 heterocycles. The first-order valence-electron chi connectivity index (χ1n) is 10.2. The van der Waals surface area contributed by atoms with Crippen molar-refractivity contribution in [1.29, 1.82) is 0 Å². The number of fused-ring (bicyclic) bond motifs is 1. The maximum Gasteiger partial charge on any atom is 0.224 e. The van der Waals surface area contributed by atoms with Crippen LogP contribution in [0.1, 0.15) is 54.0 Å². The van der Waals surface area contributed by atoms with E-state index >= 15 is 0 Å². The molecular weight excluding hydrogens is 420 g/mol. The minimum Gasteiger partial charge on any atom is -0.326 e. The zero-order chi connectivity index (χ0) is 20.9. The summed E-state index contributed by atoms with van der Waals surface area (Å²) in [5.74, 6) is 1.68. The van der Waals surface area contributed by atoms with Crippen LogP contribution in [0.3, 0.4) is 0 Å². The number of nitrogens with one attached hydrogen (secondary N) is 1. The Balaban J connectivity index is 1.36. The van der Waals surface area contributed by atoms with E-state index in [1.54, 1.807) is 12.1 Å². The average molecular weight is 443 g/mol. The number of nitrogens with zero attached hydrogens (tertiary/aromatic N) is 3. The molecule has 156 valence electrons. The number of carbonyl (C=O) groups is 2. The summed E-state index contributed by atoms with van der Waals surface area (Å²) in [6.07, 6.45) is 6.05. The van der Waals surface area contributed by atoms with Crippen molar-refractivity contribution in [2.75, 3.05) is 5.32 Å². The lowest BCUT2D eigenvalue weighted by molar-refractivity contribution is -0.116. The molecule has 0 unspecified atom stereocenters. The fraction of sp³-hybridized carbons (Fsp3) is 0.364. The van der Waals surface area contributed by atoms with E-state index in [-0.39, 0.29) is 24.5 Å². The number of benzene rings is 1. The molecule has 1 aliphatic heterocycles. The van der Waals surface area contributed by atoms with Gasteiger partial charge < -0.3 is 9.88 Å². The van der Waals surface area contributed by atoms with Gasteiger partial charge in [0.25, 0.3) is 0 Å². The van der Waals surface area contributed by atoms with Crippen LogP contribution >= 0.6 is 22.9 Å². The molecule has 1 amide bonds. The van der Waals surface area contributed by atoms with Crippen molar-refractivity contribution < 1.29 is 9.59 Å². The summed E-state index contributed by atoms with van der Waals surface area (Å²) in [6.45, 7) is 0.944. The Morgan fingerprint density at radius 1 is 1.00 bits per heavy atom. The van der Waals surface area contributed by atoms with Crippen molar-refractivity contribution in [2.45, 2.75) is 51.5 Å². The molecule has 0 fully saturated rings. The highest BCUT2D eigenvalue weighted by atomic mass is 35.5. The van der Waals surface area contributed by atoms with Crippen LogP contribution in [0, 0.1) is 0 Å². The quantitative estimate of drug-likeness (QED) is 0.520. The first-order valence-corrected chi connectivity index (χ1v) is 11.4. The number of aryl methyl sites for hydroxylation is 1. The Kier molecular flexibility index (Phi) is 6.59. The second-order valence-electron chi connectivity index (χ2n) is 7.41. The summed E-state index contributed by atoms with van der Waals surface area (Å²) in [5, 5.41) is 11.6. The summed E-state index contributed by atoms with van der Waals surface area (Å²) >= 11 is 7.09. The topological polar surface area (TPSA) is 76.9 Å². The minimum absolute atomic E-state index is 0.0688. The van der Waals surface area contributed by atoms with Gasteiger partial charge in [0.15, 0.2) is 11.6 Å². The predicted molar refractivity (Wildman–Crippen MR) is 119 cm³/mol. The van der Waals surface area contributed by atoms with Crippen LogP contribution in [0.25, 0.3) is 11.4 Å². The third-order valence-electron chi connectivity index (χ3n) is 5.21. The number of carbonyl (C=O) groups excluding carboxylic acids is 2. The molecule has 6 nitrogen and oxygen atoms in total. The molecule has 1 N–H and O–H groups in total. The second kappa shape index (κ2) is 9.53. The van der Waals surface area contributed by atoms with Gasteiger partial charge in [-0.25, -0.2) is 0 Å². The van der Waals surface area contributed by atoms with E-state index in [9.17, 15) is 9.59 Å². The van der Waals surface area contributed by atoms with Gasteiger partial charge in [-0.3, -0.25) is 9.59 Å². The van der Waals surface area contributed by atoms with Crippen molar-refractivity contribution in [1.82, 2.24) is 14.8 Å². The van der Waals surface area contributed by atoms with Crippen LogP contribution < -0.4 is 5.32 Å². The van der Waals surface area contributed by atoms with E-state index in [2.05, 4.69) is 20.1 Å². The first kappa shape index (κ1) is 20.8. The van der Waals surface area contributed by atoms with Gasteiger partial charge in [-0.1, -0.05) is 24.4 Å². The lowest BCUT2D eigenvalue weighted by Gasteiger charge is -2.13. The smallest absolute Gasteiger partial charge is 0.224 e. The number of halogens is 1. The third-order valence-corrected chi connectivity index (χ3v) is 6.49. The lowest BCUT2D eigenvalue weighted by atomic mass is 10.1. The fourth-order valence-electron chi connectivity index (χ4n) is 3.62. The van der Waals surface area contributed by atoms with Crippen LogP contribution in [0.5, 0.6) is 0 Å². The Morgan fingerprint density at radius 3 is 2.57 bits per heavy atom. The Hall–Kier alpha value is -2.51. The first-order chi connectivity index (χ1) is 14.6. The van der Waals surface area contributed by atoms with Crippen LogP contribution in [0.4, 0.5) is 5.69 Å². The van der Waals surface area contributed by atoms with Gasteiger partial charge >= 0.3 is 0 Å². The highest BCUT2D eigenvalue weighted by Gasteiger charge is 2.16. The van der Waals surface area contributed by atoms with Gasteiger partial charge in [0.2, 0.25) is 5.91 Å². The highest BCUT2D eigenvalue weighted by molar-refractivity contribution is 7.18. The molecular formula is C22H23ClN4O2S. The molecule has 4 rings (SSSR count). The van der Waals surface area contributed by atoms with Crippen molar-refractivity contribution in [3.63, 3.8) is 0 Å². The molecule has 0 atom stereocenters. The number of hydrogen-bond donors (Lipinski definition) is 1. The SMILES string of the molecule is O=C(CCC(=O)c1ccc(Cl)s1)Nc1ccc(-c2nnc3n2CCCCCC3)cc1. The van der Waals surface area contributed by atoms with E-state index in [1.165, 1.54) is 24.2 Å². The van der Waals surface area contributed by atoms with E-state index < -0.39 is 0 Å². The number of ketones is 1. The number of anilines is 1. The van der Waals surface area contributed by atoms with E-state index in [1.807, 2.05) is 24.3 Å². The van der Waals surface area contributed by atoms with Gasteiger partial charge in [0.05, 0.1) is 9.21 Å². The largest absolute Gasteiger partial charge is 0.326 e. The number of Topliss-reactive ketones (excluding diaryl/α,β-unsaturated/α-hetero) is 1. The Morgan fingerprint density at radius 2 is 1.80 bits per heavy atom. The molecule has 3 aromatic rings. The van der Waals surface area contributed by atoms with Gasteiger partial charge in [0, 0.05) is 37.1 Å². The third kappa shape index (κ3) is 4.96. The molecule has 0 bridgehead atoms. The van der Waals surface area contributed by atoms with Crippen LogP contribution in [0.15, 0.2) is 36.4 Å². The van der Waals surface area contributed by atoms with E-state index in [0.717, 1.165) is 43.0 Å². The summed E-state index contributed by atoms with van der Waals surface area (Å²) < 4.78 is 2.79. The number of rotatable bonds is 6. The van der Waals surface area contributed by atoms with Gasteiger partial charge in [-0.05, 0) is 49.2 Å².